The maximum Gasteiger partial charge on any atom is 0.257 e. The predicted octanol–water partition coefficient (Wildman–Crippen LogP) is 0.350. The fourth-order valence-corrected chi connectivity index (χ4v) is 1.63. The van der Waals surface area contributed by atoms with Gasteiger partial charge in [-0.1, -0.05) is 0 Å². The number of anilines is 2. The Morgan fingerprint density at radius 3 is 2.81 bits per heavy atom. The molecular formula is C12H13N9. The molecule has 3 aromatic rings. The van der Waals surface area contributed by atoms with Crippen LogP contribution in [0.5, 0.6) is 0 Å². The topological polar surface area (TPSA) is 120 Å². The van der Waals surface area contributed by atoms with E-state index >= 15 is 0 Å². The number of hydrogen-bond donors (Lipinski definition) is 2. The molecule has 0 radical (unpaired) electrons. The molecule has 0 aliphatic heterocycles. The summed E-state index contributed by atoms with van der Waals surface area (Å²) in [6.07, 6.45) is 6.76. The first-order valence-corrected chi connectivity index (χ1v) is 6.24. The molecule has 0 unspecified atom stereocenters. The summed E-state index contributed by atoms with van der Waals surface area (Å²) in [5.74, 6) is 0.827. The van der Waals surface area contributed by atoms with Gasteiger partial charge in [-0.25, -0.2) is 4.68 Å². The molecule has 0 amide bonds. The molecule has 3 rings (SSSR count). The molecule has 0 aromatic carbocycles. The molecule has 0 saturated heterocycles. The number of rotatable bonds is 4. The highest BCUT2D eigenvalue weighted by Crippen LogP contribution is 2.07. The zero-order valence-electron chi connectivity index (χ0n) is 11.3. The third-order valence-corrected chi connectivity index (χ3v) is 2.61. The molecule has 9 nitrogen and oxygen atoms in total. The van der Waals surface area contributed by atoms with Crippen LogP contribution in [0.2, 0.25) is 0 Å². The fraction of sp³-hybridized carbons (Fsp3) is 0.167. The van der Waals surface area contributed by atoms with Gasteiger partial charge in [-0.2, -0.15) is 20.1 Å². The molecule has 0 saturated carbocycles. The standard InChI is InChI=1S/C12H13N9/c1-8-5-15-9(6-14-8)7-16-11-18-10(13)19-12(20-11)21-4-2-3-17-21/h2-6H,7H2,1H3,(H3,13,16,18,19,20). The van der Waals surface area contributed by atoms with Gasteiger partial charge >= 0.3 is 0 Å². The Morgan fingerprint density at radius 1 is 1.19 bits per heavy atom. The summed E-state index contributed by atoms with van der Waals surface area (Å²) in [5.41, 5.74) is 7.33. The molecule has 3 N–H and O–H groups in total. The molecule has 106 valence electrons. The summed E-state index contributed by atoms with van der Waals surface area (Å²) in [6.45, 7) is 2.32. The van der Waals surface area contributed by atoms with Crippen LogP contribution in [0.25, 0.3) is 5.95 Å². The van der Waals surface area contributed by atoms with Crippen LogP contribution in [0.4, 0.5) is 11.9 Å². The van der Waals surface area contributed by atoms with Crippen molar-refractivity contribution in [2.24, 2.45) is 0 Å². The summed E-state index contributed by atoms with van der Waals surface area (Å²) in [6, 6.07) is 1.77. The highest BCUT2D eigenvalue weighted by molar-refractivity contribution is 5.35. The van der Waals surface area contributed by atoms with Gasteiger partial charge in [-0.05, 0) is 13.0 Å². The average Bonchev–Trinajstić information content (AvgIpc) is 3.00. The number of nitrogens with two attached hydrogens (primary N) is 1. The van der Waals surface area contributed by atoms with Gasteiger partial charge in [0.25, 0.3) is 5.95 Å². The van der Waals surface area contributed by atoms with Gasteiger partial charge < -0.3 is 11.1 Å². The van der Waals surface area contributed by atoms with Crippen LogP contribution >= 0.6 is 0 Å². The monoisotopic (exact) mass is 283 g/mol. The Hall–Kier alpha value is -3.10. The van der Waals surface area contributed by atoms with Crippen molar-refractivity contribution in [1.82, 2.24) is 34.7 Å². The number of aromatic nitrogens is 7. The molecule has 3 heterocycles. The lowest BCUT2D eigenvalue weighted by atomic mass is 10.4. The first-order valence-electron chi connectivity index (χ1n) is 6.24. The Balaban J connectivity index is 1.78. The number of aryl methyl sites for hydroxylation is 1. The highest BCUT2D eigenvalue weighted by Gasteiger charge is 2.06. The van der Waals surface area contributed by atoms with E-state index in [1.807, 2.05) is 6.92 Å². The van der Waals surface area contributed by atoms with E-state index in [9.17, 15) is 0 Å². The van der Waals surface area contributed by atoms with Crippen LogP contribution in [0.15, 0.2) is 30.9 Å². The van der Waals surface area contributed by atoms with E-state index in [1.165, 1.54) is 4.68 Å². The van der Waals surface area contributed by atoms with Crippen LogP contribution in [0, 0.1) is 6.92 Å². The summed E-state index contributed by atoms with van der Waals surface area (Å²) >= 11 is 0. The molecule has 21 heavy (non-hydrogen) atoms. The van der Waals surface area contributed by atoms with Gasteiger partial charge in [0, 0.05) is 18.6 Å². The summed E-state index contributed by atoms with van der Waals surface area (Å²) < 4.78 is 1.51. The van der Waals surface area contributed by atoms with Crippen molar-refractivity contribution < 1.29 is 0 Å². The van der Waals surface area contributed by atoms with Crippen molar-refractivity contribution in [3.8, 4) is 5.95 Å². The normalized spacial score (nSPS) is 10.5. The van der Waals surface area contributed by atoms with Crippen LogP contribution < -0.4 is 11.1 Å². The minimum atomic E-state index is 0.119. The molecule has 9 heteroatoms. The Bertz CT molecular complexity index is 721. The lowest BCUT2D eigenvalue weighted by molar-refractivity contribution is 0.797. The predicted molar refractivity (Wildman–Crippen MR) is 75.5 cm³/mol. The van der Waals surface area contributed by atoms with Crippen molar-refractivity contribution in [3.05, 3.63) is 42.2 Å². The van der Waals surface area contributed by atoms with Crippen LogP contribution in [-0.2, 0) is 6.54 Å². The first-order chi connectivity index (χ1) is 10.2. The highest BCUT2D eigenvalue weighted by atomic mass is 15.4. The van der Waals surface area contributed by atoms with E-state index in [2.05, 4.69) is 35.3 Å². The zero-order chi connectivity index (χ0) is 14.7. The van der Waals surface area contributed by atoms with Crippen LogP contribution in [0.1, 0.15) is 11.4 Å². The molecule has 0 fully saturated rings. The van der Waals surface area contributed by atoms with Gasteiger partial charge in [-0.15, -0.1) is 0 Å². The second kappa shape index (κ2) is 5.49. The van der Waals surface area contributed by atoms with E-state index < -0.39 is 0 Å². The van der Waals surface area contributed by atoms with Gasteiger partial charge in [0.2, 0.25) is 11.9 Å². The van der Waals surface area contributed by atoms with Crippen molar-refractivity contribution in [3.63, 3.8) is 0 Å². The second-order valence-electron chi connectivity index (χ2n) is 4.27. The van der Waals surface area contributed by atoms with Gasteiger partial charge in [0.05, 0.1) is 24.1 Å². The lowest BCUT2D eigenvalue weighted by Crippen LogP contribution is -2.12. The number of nitrogens with one attached hydrogen (secondary N) is 1. The molecule has 0 aliphatic rings. The van der Waals surface area contributed by atoms with Crippen molar-refractivity contribution in [2.45, 2.75) is 13.5 Å². The van der Waals surface area contributed by atoms with E-state index in [0.717, 1.165) is 11.4 Å². The van der Waals surface area contributed by atoms with Crippen molar-refractivity contribution >= 4 is 11.9 Å². The molecule has 3 aromatic heterocycles. The lowest BCUT2D eigenvalue weighted by Gasteiger charge is -2.06. The fourth-order valence-electron chi connectivity index (χ4n) is 1.63. The van der Waals surface area contributed by atoms with Crippen molar-refractivity contribution in [2.75, 3.05) is 11.1 Å². The number of hydrogen-bond acceptors (Lipinski definition) is 8. The Kier molecular flexibility index (Phi) is 3.37. The third kappa shape index (κ3) is 3.08. The van der Waals surface area contributed by atoms with E-state index in [4.69, 9.17) is 5.73 Å². The van der Waals surface area contributed by atoms with E-state index in [0.29, 0.717) is 18.4 Å². The van der Waals surface area contributed by atoms with Crippen LogP contribution in [0.3, 0.4) is 0 Å². The Labute approximate surface area is 120 Å². The SMILES string of the molecule is Cc1cnc(CNc2nc(N)nc(-n3cccn3)n2)cn1. The van der Waals surface area contributed by atoms with Crippen LogP contribution in [-0.4, -0.2) is 34.7 Å². The first kappa shape index (κ1) is 12.9. The summed E-state index contributed by atoms with van der Waals surface area (Å²) in [5, 5.41) is 7.09. The molecule has 0 bridgehead atoms. The smallest absolute Gasteiger partial charge is 0.257 e. The minimum absolute atomic E-state index is 0.119. The molecular weight excluding hydrogens is 270 g/mol. The van der Waals surface area contributed by atoms with Gasteiger partial charge in [0.1, 0.15) is 0 Å². The summed E-state index contributed by atoms with van der Waals surface area (Å²) in [7, 11) is 0. The average molecular weight is 283 g/mol. The maximum absolute atomic E-state index is 5.68. The maximum atomic E-state index is 5.68. The van der Waals surface area contributed by atoms with Gasteiger partial charge in [0.15, 0.2) is 0 Å². The van der Waals surface area contributed by atoms with E-state index in [-0.39, 0.29) is 5.95 Å². The molecule has 0 spiro atoms. The van der Waals surface area contributed by atoms with E-state index in [1.54, 1.807) is 30.9 Å². The largest absolute Gasteiger partial charge is 0.368 e. The third-order valence-electron chi connectivity index (χ3n) is 2.61. The van der Waals surface area contributed by atoms with Crippen molar-refractivity contribution in [1.29, 1.82) is 0 Å². The zero-order valence-corrected chi connectivity index (χ0v) is 11.3. The number of nitrogen functional groups attached to an aromatic ring is 1. The second-order valence-corrected chi connectivity index (χ2v) is 4.27. The summed E-state index contributed by atoms with van der Waals surface area (Å²) in [4.78, 5) is 20.7. The minimum Gasteiger partial charge on any atom is -0.368 e. The van der Waals surface area contributed by atoms with Gasteiger partial charge in [-0.3, -0.25) is 9.97 Å². The quantitative estimate of drug-likeness (QED) is 0.703. The molecule has 0 atom stereocenters. The molecule has 0 aliphatic carbocycles. The number of nitrogens with zero attached hydrogens (tertiary/aromatic N) is 7. The Morgan fingerprint density at radius 2 is 2.10 bits per heavy atom.